The normalized spacial score (nSPS) is 25.5. The van der Waals surface area contributed by atoms with Crippen molar-refractivity contribution >= 4 is 0 Å². The first-order valence-corrected chi connectivity index (χ1v) is 6.67. The van der Waals surface area contributed by atoms with Crippen LogP contribution in [0.5, 0.6) is 0 Å². The number of hydrogen-bond donors (Lipinski definition) is 1. The SMILES string of the molecule is CC(N)(C#N)CCCN1CCC(C(C)(C)C)C1. The molecule has 1 aliphatic heterocycles. The van der Waals surface area contributed by atoms with Crippen LogP contribution in [0.2, 0.25) is 0 Å². The molecule has 0 aliphatic carbocycles. The Bertz CT molecular complexity index is 283. The molecule has 3 heteroatoms. The average Bonchev–Trinajstić information content (AvgIpc) is 2.66. The van der Waals surface area contributed by atoms with Gasteiger partial charge in [0.15, 0.2) is 0 Å². The van der Waals surface area contributed by atoms with Gasteiger partial charge in [-0.1, -0.05) is 20.8 Å². The highest BCUT2D eigenvalue weighted by Gasteiger charge is 2.31. The van der Waals surface area contributed by atoms with Crippen LogP contribution in [0.4, 0.5) is 0 Å². The highest BCUT2D eigenvalue weighted by molar-refractivity contribution is 5.00. The second-order valence-electron chi connectivity index (χ2n) is 6.79. The largest absolute Gasteiger partial charge is 0.314 e. The second-order valence-corrected chi connectivity index (χ2v) is 6.79. The van der Waals surface area contributed by atoms with E-state index in [2.05, 4.69) is 31.7 Å². The fourth-order valence-corrected chi connectivity index (χ4v) is 2.47. The van der Waals surface area contributed by atoms with E-state index in [4.69, 9.17) is 11.0 Å². The van der Waals surface area contributed by atoms with Crippen molar-refractivity contribution in [2.75, 3.05) is 19.6 Å². The molecule has 1 rings (SSSR count). The van der Waals surface area contributed by atoms with Crippen LogP contribution in [0.1, 0.15) is 47.0 Å². The summed E-state index contributed by atoms with van der Waals surface area (Å²) >= 11 is 0. The summed E-state index contributed by atoms with van der Waals surface area (Å²) in [4.78, 5) is 2.52. The van der Waals surface area contributed by atoms with Crippen molar-refractivity contribution in [2.24, 2.45) is 17.1 Å². The predicted molar refractivity (Wildman–Crippen MR) is 71.4 cm³/mol. The third kappa shape index (κ3) is 4.65. The number of nitrogens with two attached hydrogens (primary N) is 1. The standard InChI is InChI=1S/C14H27N3/c1-13(2,3)12-6-9-17(10-12)8-5-7-14(4,16)11-15/h12H,5-10,16H2,1-4H3. The van der Waals surface area contributed by atoms with E-state index in [1.54, 1.807) is 0 Å². The molecule has 0 bridgehead atoms. The topological polar surface area (TPSA) is 53.1 Å². The van der Waals surface area contributed by atoms with Crippen molar-refractivity contribution in [3.05, 3.63) is 0 Å². The van der Waals surface area contributed by atoms with Gasteiger partial charge in [-0.3, -0.25) is 0 Å². The van der Waals surface area contributed by atoms with E-state index in [9.17, 15) is 0 Å². The summed E-state index contributed by atoms with van der Waals surface area (Å²) in [6.07, 6.45) is 3.12. The van der Waals surface area contributed by atoms with E-state index in [1.165, 1.54) is 19.5 Å². The highest BCUT2D eigenvalue weighted by atomic mass is 15.1. The van der Waals surface area contributed by atoms with Gasteiger partial charge in [0, 0.05) is 6.54 Å². The predicted octanol–water partition coefficient (Wildman–Crippen LogP) is 2.38. The molecule has 0 aromatic heterocycles. The molecule has 2 unspecified atom stereocenters. The maximum atomic E-state index is 8.85. The molecule has 2 atom stereocenters. The molecule has 17 heavy (non-hydrogen) atoms. The third-order valence-electron chi connectivity index (χ3n) is 3.92. The van der Waals surface area contributed by atoms with E-state index >= 15 is 0 Å². The lowest BCUT2D eigenvalue weighted by molar-refractivity contribution is 0.226. The Labute approximate surface area is 106 Å². The van der Waals surface area contributed by atoms with E-state index in [0.717, 1.165) is 25.3 Å². The van der Waals surface area contributed by atoms with Crippen LogP contribution in [-0.2, 0) is 0 Å². The molecule has 0 amide bonds. The summed E-state index contributed by atoms with van der Waals surface area (Å²) in [5.41, 5.74) is 5.59. The minimum atomic E-state index is -0.650. The summed E-state index contributed by atoms with van der Waals surface area (Å²) in [5, 5.41) is 8.85. The lowest BCUT2D eigenvalue weighted by Crippen LogP contribution is -2.35. The van der Waals surface area contributed by atoms with Gasteiger partial charge in [0.2, 0.25) is 0 Å². The van der Waals surface area contributed by atoms with Crippen molar-refractivity contribution < 1.29 is 0 Å². The number of nitriles is 1. The van der Waals surface area contributed by atoms with Gasteiger partial charge in [0.1, 0.15) is 5.54 Å². The van der Waals surface area contributed by atoms with Crippen molar-refractivity contribution in [1.82, 2.24) is 4.90 Å². The maximum Gasteiger partial charge on any atom is 0.101 e. The molecular formula is C14H27N3. The molecule has 0 spiro atoms. The zero-order valence-corrected chi connectivity index (χ0v) is 11.8. The van der Waals surface area contributed by atoms with Gasteiger partial charge in [-0.15, -0.1) is 0 Å². The van der Waals surface area contributed by atoms with Crippen molar-refractivity contribution in [3.63, 3.8) is 0 Å². The zero-order chi connectivity index (χ0) is 13.1. The summed E-state index contributed by atoms with van der Waals surface area (Å²) in [5.74, 6) is 0.808. The Morgan fingerprint density at radius 2 is 2.00 bits per heavy atom. The van der Waals surface area contributed by atoms with Crippen LogP contribution in [0, 0.1) is 22.7 Å². The molecule has 1 fully saturated rings. The van der Waals surface area contributed by atoms with Crippen LogP contribution in [0.25, 0.3) is 0 Å². The zero-order valence-electron chi connectivity index (χ0n) is 11.8. The molecule has 1 heterocycles. The molecule has 0 aromatic rings. The van der Waals surface area contributed by atoms with Gasteiger partial charge in [-0.25, -0.2) is 0 Å². The minimum absolute atomic E-state index is 0.420. The van der Waals surface area contributed by atoms with E-state index < -0.39 is 5.54 Å². The lowest BCUT2D eigenvalue weighted by atomic mass is 9.80. The van der Waals surface area contributed by atoms with Gasteiger partial charge in [0.05, 0.1) is 6.07 Å². The van der Waals surface area contributed by atoms with Crippen LogP contribution < -0.4 is 5.73 Å². The van der Waals surface area contributed by atoms with Crippen LogP contribution >= 0.6 is 0 Å². The molecular weight excluding hydrogens is 210 g/mol. The first-order valence-electron chi connectivity index (χ1n) is 6.67. The summed E-state index contributed by atoms with van der Waals surface area (Å²) in [6, 6.07) is 2.16. The number of rotatable bonds is 4. The number of nitrogens with zero attached hydrogens (tertiary/aromatic N) is 2. The van der Waals surface area contributed by atoms with Crippen LogP contribution in [-0.4, -0.2) is 30.1 Å². The van der Waals surface area contributed by atoms with E-state index in [1.807, 2.05) is 6.92 Å². The van der Waals surface area contributed by atoms with Gasteiger partial charge in [-0.05, 0) is 50.6 Å². The van der Waals surface area contributed by atoms with Crippen molar-refractivity contribution in [3.8, 4) is 6.07 Å². The molecule has 3 nitrogen and oxygen atoms in total. The summed E-state index contributed by atoms with van der Waals surface area (Å²) in [6.45, 7) is 12.3. The Morgan fingerprint density at radius 3 is 2.47 bits per heavy atom. The molecule has 0 saturated carbocycles. The van der Waals surface area contributed by atoms with E-state index in [0.29, 0.717) is 5.41 Å². The van der Waals surface area contributed by atoms with Gasteiger partial charge >= 0.3 is 0 Å². The highest BCUT2D eigenvalue weighted by Crippen LogP contribution is 2.33. The van der Waals surface area contributed by atoms with Crippen LogP contribution in [0.3, 0.4) is 0 Å². The van der Waals surface area contributed by atoms with Gasteiger partial charge in [0.25, 0.3) is 0 Å². The average molecular weight is 237 g/mol. The van der Waals surface area contributed by atoms with Crippen LogP contribution in [0.15, 0.2) is 0 Å². The summed E-state index contributed by atoms with van der Waals surface area (Å²) < 4.78 is 0. The van der Waals surface area contributed by atoms with Gasteiger partial charge < -0.3 is 10.6 Å². The Balaban J connectivity index is 2.26. The minimum Gasteiger partial charge on any atom is -0.314 e. The fourth-order valence-electron chi connectivity index (χ4n) is 2.47. The quantitative estimate of drug-likeness (QED) is 0.816. The number of hydrogen-bond acceptors (Lipinski definition) is 3. The van der Waals surface area contributed by atoms with Crippen molar-refractivity contribution in [1.29, 1.82) is 5.26 Å². The fraction of sp³-hybridized carbons (Fsp3) is 0.929. The Morgan fingerprint density at radius 1 is 1.35 bits per heavy atom. The van der Waals surface area contributed by atoms with Crippen molar-refractivity contribution in [2.45, 2.75) is 52.5 Å². The molecule has 2 N–H and O–H groups in total. The first kappa shape index (κ1) is 14.5. The Kier molecular flexibility index (Phi) is 4.57. The summed E-state index contributed by atoms with van der Waals surface area (Å²) in [7, 11) is 0. The molecule has 1 aliphatic rings. The molecule has 0 aromatic carbocycles. The molecule has 0 radical (unpaired) electrons. The van der Waals surface area contributed by atoms with E-state index in [-0.39, 0.29) is 0 Å². The smallest absolute Gasteiger partial charge is 0.101 e. The van der Waals surface area contributed by atoms with Gasteiger partial charge in [-0.2, -0.15) is 5.26 Å². The third-order valence-corrected chi connectivity index (χ3v) is 3.92. The number of likely N-dealkylation sites (tertiary alicyclic amines) is 1. The maximum absolute atomic E-state index is 8.85. The molecule has 1 saturated heterocycles. The monoisotopic (exact) mass is 237 g/mol. The first-order chi connectivity index (χ1) is 7.74. The Hall–Kier alpha value is -0.590. The second kappa shape index (κ2) is 5.37. The lowest BCUT2D eigenvalue weighted by Gasteiger charge is -2.27. The molecule has 98 valence electrons.